The molecule has 0 aliphatic carbocycles. The molecule has 0 bridgehead atoms. The number of amides is 2. The van der Waals surface area contributed by atoms with Gasteiger partial charge < -0.3 is 10.1 Å². The van der Waals surface area contributed by atoms with Crippen LogP contribution < -0.4 is 15.4 Å². The van der Waals surface area contributed by atoms with Crippen molar-refractivity contribution in [1.29, 1.82) is 0 Å². The number of benzene rings is 2. The molecule has 0 aromatic heterocycles. The van der Waals surface area contributed by atoms with Gasteiger partial charge >= 0.3 is 0 Å². The molecule has 2 N–H and O–H groups in total. The van der Waals surface area contributed by atoms with E-state index in [0.717, 1.165) is 22.7 Å². The van der Waals surface area contributed by atoms with Crippen LogP contribution in [0.15, 0.2) is 35.2 Å². The van der Waals surface area contributed by atoms with E-state index in [1.165, 1.54) is 11.8 Å². The third-order valence-corrected chi connectivity index (χ3v) is 4.77. The van der Waals surface area contributed by atoms with Gasteiger partial charge in [0.1, 0.15) is 23.4 Å². The molecule has 1 heterocycles. The Balaban J connectivity index is 1.71. The summed E-state index contributed by atoms with van der Waals surface area (Å²) in [5.74, 6) is -3.71. The number of carbonyl (C=O) groups excluding carboxylic acids is 2. The van der Waals surface area contributed by atoms with Gasteiger partial charge in [-0.3, -0.25) is 14.9 Å². The van der Waals surface area contributed by atoms with Gasteiger partial charge in [-0.15, -0.1) is 0 Å². The van der Waals surface area contributed by atoms with Crippen LogP contribution in [0.3, 0.4) is 0 Å². The van der Waals surface area contributed by atoms with Crippen molar-refractivity contribution in [1.82, 2.24) is 5.32 Å². The molecule has 1 aliphatic rings. The highest BCUT2D eigenvalue weighted by molar-refractivity contribution is 8.00. The molecule has 0 spiro atoms. The molecule has 130 valence electrons. The number of imide groups is 1. The van der Waals surface area contributed by atoms with Crippen LogP contribution >= 0.6 is 23.4 Å². The fourth-order valence-corrected chi connectivity index (χ4v) is 3.49. The van der Waals surface area contributed by atoms with Gasteiger partial charge in [0.25, 0.3) is 5.91 Å². The molecule has 9 heteroatoms. The van der Waals surface area contributed by atoms with E-state index in [2.05, 4.69) is 5.32 Å². The minimum absolute atomic E-state index is 0.0518. The summed E-state index contributed by atoms with van der Waals surface area (Å²) >= 11 is 7.40. The van der Waals surface area contributed by atoms with E-state index in [4.69, 9.17) is 16.3 Å². The van der Waals surface area contributed by atoms with E-state index < -0.39 is 23.1 Å². The second-order valence-corrected chi connectivity index (χ2v) is 6.71. The first-order valence-electron chi connectivity index (χ1n) is 7.07. The highest BCUT2D eigenvalue weighted by Gasteiger charge is 2.25. The predicted octanol–water partition coefficient (Wildman–Crippen LogP) is 3.43. The zero-order valence-corrected chi connectivity index (χ0v) is 14.1. The van der Waals surface area contributed by atoms with Gasteiger partial charge in [0.2, 0.25) is 6.41 Å². The molecule has 2 aromatic rings. The van der Waals surface area contributed by atoms with E-state index in [1.807, 2.05) is 6.07 Å². The van der Waals surface area contributed by atoms with Crippen molar-refractivity contribution in [2.24, 2.45) is 0 Å². The normalized spacial score (nSPS) is 15.2. The maximum atomic E-state index is 14.3. The van der Waals surface area contributed by atoms with Gasteiger partial charge in [-0.05, 0) is 30.3 Å². The number of carbonyl (C=O) groups is 2. The molecule has 2 aromatic carbocycles. The molecule has 0 radical (unpaired) electrons. The Morgan fingerprint density at radius 1 is 1.36 bits per heavy atom. The van der Waals surface area contributed by atoms with E-state index in [0.29, 0.717) is 5.02 Å². The first-order valence-corrected chi connectivity index (χ1v) is 8.33. The topological polar surface area (TPSA) is 67.4 Å². The lowest BCUT2D eigenvalue weighted by Gasteiger charge is -2.14. The van der Waals surface area contributed by atoms with Gasteiger partial charge in [0, 0.05) is 9.92 Å². The number of ether oxygens (including phenoxy) is 1. The summed E-state index contributed by atoms with van der Waals surface area (Å²) in [6.45, 7) is 0.0637. The van der Waals surface area contributed by atoms with Crippen molar-refractivity contribution in [3.63, 3.8) is 0 Å². The van der Waals surface area contributed by atoms with Gasteiger partial charge in [0.15, 0.2) is 11.6 Å². The lowest BCUT2D eigenvalue weighted by molar-refractivity contribution is -0.108. The van der Waals surface area contributed by atoms with Crippen LogP contribution in [0.25, 0.3) is 0 Å². The zero-order chi connectivity index (χ0) is 18.0. The van der Waals surface area contributed by atoms with Crippen LogP contribution in [0.5, 0.6) is 5.75 Å². The third-order valence-electron chi connectivity index (χ3n) is 3.39. The van der Waals surface area contributed by atoms with Crippen LogP contribution in [0, 0.1) is 11.6 Å². The number of hydrogen-bond acceptors (Lipinski definition) is 5. The number of thioether (sulfide) groups is 1. The van der Waals surface area contributed by atoms with Gasteiger partial charge in [-0.2, -0.15) is 0 Å². The van der Waals surface area contributed by atoms with E-state index in [-0.39, 0.29) is 24.1 Å². The second kappa shape index (κ2) is 7.28. The van der Waals surface area contributed by atoms with Crippen molar-refractivity contribution < 1.29 is 23.1 Å². The molecule has 25 heavy (non-hydrogen) atoms. The van der Waals surface area contributed by atoms with Crippen molar-refractivity contribution in [2.75, 3.05) is 11.9 Å². The fourth-order valence-electron chi connectivity index (χ4n) is 2.29. The Morgan fingerprint density at radius 2 is 2.16 bits per heavy atom. The summed E-state index contributed by atoms with van der Waals surface area (Å²) < 4.78 is 33.4. The van der Waals surface area contributed by atoms with E-state index in [1.54, 1.807) is 17.4 Å². The van der Waals surface area contributed by atoms with Crippen LogP contribution in [0.1, 0.15) is 10.4 Å². The Labute approximate surface area is 150 Å². The molecule has 1 atom stereocenters. The standard InChI is InChI=1S/C16H11ClF2N2O3S/c17-8-1-4-12-10(5-8)21-13(25-12)6-24-11-3-2-9(18)14(15(11)19)16(23)20-7-22/h1-5,7,13,21H,6H2,(H,20,22,23). The maximum Gasteiger partial charge on any atom is 0.263 e. The Morgan fingerprint density at radius 3 is 2.92 bits per heavy atom. The molecular formula is C16H11ClF2N2O3S. The molecule has 1 aliphatic heterocycles. The summed E-state index contributed by atoms with van der Waals surface area (Å²) in [6.07, 6.45) is 0.0518. The molecule has 2 amide bonds. The zero-order valence-electron chi connectivity index (χ0n) is 12.5. The lowest BCUT2D eigenvalue weighted by Crippen LogP contribution is -2.25. The highest BCUT2D eigenvalue weighted by Crippen LogP contribution is 2.40. The second-order valence-electron chi connectivity index (χ2n) is 5.03. The van der Waals surface area contributed by atoms with Crippen LogP contribution in [-0.4, -0.2) is 24.3 Å². The van der Waals surface area contributed by atoms with Crippen molar-refractivity contribution in [3.05, 3.63) is 52.6 Å². The minimum atomic E-state index is -1.18. The summed E-state index contributed by atoms with van der Waals surface area (Å²) in [5.41, 5.74) is -0.0246. The lowest BCUT2D eigenvalue weighted by atomic mass is 10.1. The van der Waals surface area contributed by atoms with Gasteiger partial charge in [0.05, 0.1) is 5.69 Å². The monoisotopic (exact) mass is 384 g/mol. The first-order chi connectivity index (χ1) is 12.0. The summed E-state index contributed by atoms with van der Waals surface area (Å²) in [5, 5.41) is 5.25. The van der Waals surface area contributed by atoms with Crippen molar-refractivity contribution in [2.45, 2.75) is 10.3 Å². The number of hydrogen-bond donors (Lipinski definition) is 2. The summed E-state index contributed by atoms with van der Waals surface area (Å²) in [4.78, 5) is 22.8. The van der Waals surface area contributed by atoms with Crippen molar-refractivity contribution >= 4 is 41.4 Å². The Bertz CT molecular complexity index is 850. The van der Waals surface area contributed by atoms with Gasteiger partial charge in [-0.1, -0.05) is 23.4 Å². The van der Waals surface area contributed by atoms with Crippen LogP contribution in [-0.2, 0) is 4.79 Å². The van der Waals surface area contributed by atoms with Crippen LogP contribution in [0.4, 0.5) is 14.5 Å². The first kappa shape index (κ1) is 17.5. The quantitative estimate of drug-likeness (QED) is 0.773. The Hall–Kier alpha value is -2.32. The summed E-state index contributed by atoms with van der Waals surface area (Å²) in [6, 6.07) is 7.38. The summed E-state index contributed by atoms with van der Waals surface area (Å²) in [7, 11) is 0. The smallest absolute Gasteiger partial charge is 0.263 e. The molecule has 1 unspecified atom stereocenters. The predicted molar refractivity (Wildman–Crippen MR) is 90.1 cm³/mol. The number of rotatable bonds is 5. The Kier molecular flexibility index (Phi) is 5.10. The average molecular weight is 385 g/mol. The van der Waals surface area contributed by atoms with Gasteiger partial charge in [-0.25, -0.2) is 8.78 Å². The average Bonchev–Trinajstić information content (AvgIpc) is 2.96. The molecule has 3 rings (SSSR count). The number of nitrogens with one attached hydrogen (secondary N) is 2. The van der Waals surface area contributed by atoms with E-state index >= 15 is 0 Å². The van der Waals surface area contributed by atoms with E-state index in [9.17, 15) is 18.4 Å². The molecule has 0 saturated carbocycles. The third kappa shape index (κ3) is 3.69. The van der Waals surface area contributed by atoms with Crippen LogP contribution in [0.2, 0.25) is 5.02 Å². The number of halogens is 3. The molecule has 0 saturated heterocycles. The fraction of sp³-hybridized carbons (Fsp3) is 0.125. The molecule has 0 fully saturated rings. The molecular weight excluding hydrogens is 374 g/mol. The number of fused-ring (bicyclic) bond motifs is 1. The maximum absolute atomic E-state index is 14.3. The van der Waals surface area contributed by atoms with Crippen molar-refractivity contribution in [3.8, 4) is 5.75 Å². The number of anilines is 1. The highest BCUT2D eigenvalue weighted by atomic mass is 35.5. The molecule has 5 nitrogen and oxygen atoms in total. The largest absolute Gasteiger partial charge is 0.487 e. The SMILES string of the molecule is O=CNC(=O)c1c(F)ccc(OCC2Nc3cc(Cl)ccc3S2)c1F. The minimum Gasteiger partial charge on any atom is -0.487 e.